The summed E-state index contributed by atoms with van der Waals surface area (Å²) in [5.41, 5.74) is 2.23. The second kappa shape index (κ2) is 6.52. The van der Waals surface area contributed by atoms with Crippen molar-refractivity contribution < 1.29 is 9.47 Å². The van der Waals surface area contributed by atoms with Crippen molar-refractivity contribution in [2.45, 2.75) is 45.8 Å². The van der Waals surface area contributed by atoms with Gasteiger partial charge in [-0.05, 0) is 50.8 Å². The van der Waals surface area contributed by atoms with Gasteiger partial charge in [-0.15, -0.1) is 0 Å². The maximum absolute atomic E-state index is 12.6. The molecule has 1 saturated heterocycles. The molecule has 25 heavy (non-hydrogen) atoms. The molecule has 132 valence electrons. The van der Waals surface area contributed by atoms with Crippen molar-refractivity contribution in [3.05, 3.63) is 34.2 Å². The summed E-state index contributed by atoms with van der Waals surface area (Å²) in [5.74, 6) is 0.795. The maximum atomic E-state index is 12.6. The third-order valence-corrected chi connectivity index (χ3v) is 4.77. The van der Waals surface area contributed by atoms with Gasteiger partial charge in [0.1, 0.15) is 17.5 Å². The maximum Gasteiger partial charge on any atom is 0.259 e. The number of ether oxygens (including phenoxy) is 2. The monoisotopic (exact) mass is 341 g/mol. The SMILES string of the molecule is CCCOc1ccc2[nH]c(=O)c3c(C)n(C4CCCCO4)nc3c2c1. The fraction of sp³-hybridized carbons (Fsp3) is 0.474. The normalized spacial score (nSPS) is 18.1. The Balaban J connectivity index is 1.90. The molecule has 1 unspecified atom stereocenters. The summed E-state index contributed by atoms with van der Waals surface area (Å²) >= 11 is 0. The van der Waals surface area contributed by atoms with Crippen molar-refractivity contribution in [2.75, 3.05) is 13.2 Å². The minimum atomic E-state index is -0.107. The highest BCUT2D eigenvalue weighted by Crippen LogP contribution is 2.30. The van der Waals surface area contributed by atoms with Gasteiger partial charge in [-0.1, -0.05) is 6.92 Å². The summed E-state index contributed by atoms with van der Waals surface area (Å²) in [6.45, 7) is 5.42. The van der Waals surface area contributed by atoms with Crippen LogP contribution in [0.1, 0.15) is 44.5 Å². The number of benzene rings is 1. The van der Waals surface area contributed by atoms with Crippen LogP contribution in [0.4, 0.5) is 0 Å². The molecule has 0 bridgehead atoms. The fourth-order valence-electron chi connectivity index (χ4n) is 3.50. The lowest BCUT2D eigenvalue weighted by atomic mass is 10.1. The molecule has 0 saturated carbocycles. The first kappa shape index (κ1) is 16.1. The van der Waals surface area contributed by atoms with Crippen molar-refractivity contribution in [3.8, 4) is 5.75 Å². The summed E-state index contributed by atoms with van der Waals surface area (Å²) in [7, 11) is 0. The van der Waals surface area contributed by atoms with E-state index in [0.29, 0.717) is 17.5 Å². The zero-order valence-electron chi connectivity index (χ0n) is 14.7. The van der Waals surface area contributed by atoms with Gasteiger partial charge in [0.25, 0.3) is 5.56 Å². The van der Waals surface area contributed by atoms with E-state index in [2.05, 4.69) is 11.9 Å². The zero-order chi connectivity index (χ0) is 17.4. The Kier molecular flexibility index (Phi) is 4.21. The van der Waals surface area contributed by atoms with Gasteiger partial charge in [-0.25, -0.2) is 4.68 Å². The molecule has 1 atom stereocenters. The number of hydrogen-bond donors (Lipinski definition) is 1. The van der Waals surface area contributed by atoms with Gasteiger partial charge >= 0.3 is 0 Å². The molecule has 3 aromatic rings. The molecular formula is C19H23N3O3. The van der Waals surface area contributed by atoms with Crippen LogP contribution in [0.15, 0.2) is 23.0 Å². The molecule has 0 aliphatic carbocycles. The summed E-state index contributed by atoms with van der Waals surface area (Å²) < 4.78 is 13.5. The standard InChI is InChI=1S/C19H23N3O3/c1-3-9-24-13-7-8-15-14(11-13)18-17(19(23)20-15)12(2)22(21-18)16-6-4-5-10-25-16/h7-8,11,16H,3-6,9-10H2,1-2H3,(H,20,23). The quantitative estimate of drug-likeness (QED) is 0.786. The number of H-pyrrole nitrogens is 1. The first-order valence-corrected chi connectivity index (χ1v) is 8.98. The number of aromatic amines is 1. The Morgan fingerprint density at radius 3 is 3.04 bits per heavy atom. The minimum absolute atomic E-state index is 0.0878. The molecule has 0 spiro atoms. The number of pyridine rings is 1. The molecule has 0 amide bonds. The molecule has 1 fully saturated rings. The van der Waals surface area contributed by atoms with Crippen molar-refractivity contribution in [1.29, 1.82) is 0 Å². The molecular weight excluding hydrogens is 318 g/mol. The highest BCUT2D eigenvalue weighted by molar-refractivity contribution is 6.04. The number of fused-ring (bicyclic) bond motifs is 3. The Morgan fingerprint density at radius 1 is 1.40 bits per heavy atom. The number of nitrogens with zero attached hydrogens (tertiary/aromatic N) is 2. The Bertz CT molecular complexity index is 967. The lowest BCUT2D eigenvalue weighted by Gasteiger charge is -2.23. The van der Waals surface area contributed by atoms with E-state index in [1.165, 1.54) is 0 Å². The van der Waals surface area contributed by atoms with Crippen molar-refractivity contribution in [1.82, 2.24) is 14.8 Å². The van der Waals surface area contributed by atoms with Gasteiger partial charge in [0.05, 0.1) is 23.2 Å². The predicted octanol–water partition coefficient (Wildman–Crippen LogP) is 3.67. The lowest BCUT2D eigenvalue weighted by Crippen LogP contribution is -2.20. The Hall–Kier alpha value is -2.34. The summed E-state index contributed by atoms with van der Waals surface area (Å²) in [5, 5.41) is 6.30. The van der Waals surface area contributed by atoms with E-state index in [0.717, 1.165) is 54.6 Å². The minimum Gasteiger partial charge on any atom is -0.494 e. The fourth-order valence-corrected chi connectivity index (χ4v) is 3.50. The van der Waals surface area contributed by atoms with E-state index in [1.807, 2.05) is 29.8 Å². The first-order chi connectivity index (χ1) is 12.2. The summed E-state index contributed by atoms with van der Waals surface area (Å²) in [6.07, 6.45) is 3.99. The van der Waals surface area contributed by atoms with Crippen LogP contribution in [0, 0.1) is 6.92 Å². The molecule has 4 rings (SSSR count). The largest absolute Gasteiger partial charge is 0.494 e. The molecule has 1 N–H and O–H groups in total. The van der Waals surface area contributed by atoms with Crippen LogP contribution in [-0.4, -0.2) is 28.0 Å². The van der Waals surface area contributed by atoms with Crippen LogP contribution in [-0.2, 0) is 4.74 Å². The van der Waals surface area contributed by atoms with Gasteiger partial charge in [0.15, 0.2) is 0 Å². The van der Waals surface area contributed by atoms with E-state index in [9.17, 15) is 4.79 Å². The number of nitrogens with one attached hydrogen (secondary N) is 1. The summed E-state index contributed by atoms with van der Waals surface area (Å²) in [4.78, 5) is 15.6. The van der Waals surface area contributed by atoms with Crippen LogP contribution in [0.2, 0.25) is 0 Å². The van der Waals surface area contributed by atoms with E-state index < -0.39 is 0 Å². The molecule has 1 aromatic carbocycles. The first-order valence-electron chi connectivity index (χ1n) is 8.98. The highest BCUT2D eigenvalue weighted by Gasteiger charge is 2.22. The van der Waals surface area contributed by atoms with Gasteiger partial charge in [-0.3, -0.25) is 4.79 Å². The van der Waals surface area contributed by atoms with Gasteiger partial charge < -0.3 is 14.5 Å². The third kappa shape index (κ3) is 2.80. The van der Waals surface area contributed by atoms with E-state index in [1.54, 1.807) is 0 Å². The number of aromatic nitrogens is 3. The predicted molar refractivity (Wildman–Crippen MR) is 97.2 cm³/mol. The molecule has 6 nitrogen and oxygen atoms in total. The second-order valence-electron chi connectivity index (χ2n) is 6.58. The zero-order valence-corrected chi connectivity index (χ0v) is 14.7. The Morgan fingerprint density at radius 2 is 2.28 bits per heavy atom. The lowest BCUT2D eigenvalue weighted by molar-refractivity contribution is -0.0402. The molecule has 1 aliphatic rings. The second-order valence-corrected chi connectivity index (χ2v) is 6.58. The number of rotatable bonds is 4. The van der Waals surface area contributed by atoms with Crippen LogP contribution in [0.5, 0.6) is 5.75 Å². The van der Waals surface area contributed by atoms with Crippen LogP contribution >= 0.6 is 0 Å². The molecule has 1 aliphatic heterocycles. The average Bonchev–Trinajstić information content (AvgIpc) is 2.99. The molecule has 6 heteroatoms. The van der Waals surface area contributed by atoms with Gasteiger partial charge in [0.2, 0.25) is 0 Å². The van der Waals surface area contributed by atoms with Gasteiger partial charge in [0, 0.05) is 12.0 Å². The van der Waals surface area contributed by atoms with Crippen LogP contribution in [0.3, 0.4) is 0 Å². The van der Waals surface area contributed by atoms with E-state index >= 15 is 0 Å². The van der Waals surface area contributed by atoms with Crippen molar-refractivity contribution >= 4 is 21.8 Å². The molecule has 0 radical (unpaired) electrons. The van der Waals surface area contributed by atoms with E-state index in [4.69, 9.17) is 14.6 Å². The van der Waals surface area contributed by atoms with Gasteiger partial charge in [-0.2, -0.15) is 5.10 Å². The summed E-state index contributed by atoms with van der Waals surface area (Å²) in [6, 6.07) is 5.72. The third-order valence-electron chi connectivity index (χ3n) is 4.77. The topological polar surface area (TPSA) is 69.1 Å². The number of aryl methyl sites for hydroxylation is 1. The molecule has 2 aromatic heterocycles. The highest BCUT2D eigenvalue weighted by atomic mass is 16.5. The van der Waals surface area contributed by atoms with E-state index in [-0.39, 0.29) is 11.8 Å². The smallest absolute Gasteiger partial charge is 0.259 e. The van der Waals surface area contributed by atoms with Crippen LogP contribution < -0.4 is 10.3 Å². The number of hydrogen-bond acceptors (Lipinski definition) is 4. The average molecular weight is 341 g/mol. The van der Waals surface area contributed by atoms with Crippen molar-refractivity contribution in [2.24, 2.45) is 0 Å². The Labute approximate surface area is 145 Å². The van der Waals surface area contributed by atoms with Crippen molar-refractivity contribution in [3.63, 3.8) is 0 Å². The van der Waals surface area contributed by atoms with Crippen LogP contribution in [0.25, 0.3) is 21.8 Å². The molecule has 3 heterocycles.